The van der Waals surface area contributed by atoms with Crippen molar-refractivity contribution < 1.29 is 19.5 Å². The van der Waals surface area contributed by atoms with Gasteiger partial charge < -0.3 is 15.3 Å². The molecule has 0 radical (unpaired) electrons. The van der Waals surface area contributed by atoms with Crippen LogP contribution in [0.3, 0.4) is 0 Å². The van der Waals surface area contributed by atoms with E-state index in [2.05, 4.69) is 10.3 Å². The molecule has 7 heteroatoms. The van der Waals surface area contributed by atoms with Crippen LogP contribution in [-0.4, -0.2) is 58.8 Å². The van der Waals surface area contributed by atoms with Crippen LogP contribution in [-0.2, 0) is 14.4 Å². The zero-order valence-corrected chi connectivity index (χ0v) is 18.5. The van der Waals surface area contributed by atoms with Gasteiger partial charge in [0.1, 0.15) is 5.78 Å². The van der Waals surface area contributed by atoms with E-state index >= 15 is 0 Å². The normalized spacial score (nSPS) is 20.9. The molecule has 0 aliphatic carbocycles. The van der Waals surface area contributed by atoms with Crippen molar-refractivity contribution in [3.05, 3.63) is 29.6 Å². The van der Waals surface area contributed by atoms with Gasteiger partial charge in [-0.3, -0.25) is 19.4 Å². The molecule has 2 saturated heterocycles. The van der Waals surface area contributed by atoms with Gasteiger partial charge in [0.2, 0.25) is 5.91 Å². The van der Waals surface area contributed by atoms with E-state index < -0.39 is 5.97 Å². The minimum Gasteiger partial charge on any atom is -0.481 e. The molecule has 0 unspecified atom stereocenters. The first-order valence-corrected chi connectivity index (χ1v) is 11.6. The number of aliphatic carboxylic acids is 1. The second kappa shape index (κ2) is 11.4. The number of aromatic nitrogens is 1. The lowest BCUT2D eigenvalue weighted by atomic mass is 9.84. The van der Waals surface area contributed by atoms with Crippen LogP contribution in [0.15, 0.2) is 18.5 Å². The summed E-state index contributed by atoms with van der Waals surface area (Å²) in [6.45, 7) is 5.16. The number of likely N-dealkylation sites (tertiary alicyclic amines) is 1. The summed E-state index contributed by atoms with van der Waals surface area (Å²) in [6, 6.07) is 1.91. The summed E-state index contributed by atoms with van der Waals surface area (Å²) in [4.78, 5) is 43.2. The zero-order valence-electron chi connectivity index (χ0n) is 18.5. The number of nitrogens with zero attached hydrogens (tertiary/aromatic N) is 2. The van der Waals surface area contributed by atoms with E-state index in [1.54, 1.807) is 12.4 Å². The summed E-state index contributed by atoms with van der Waals surface area (Å²) in [5, 5.41) is 12.7. The molecule has 7 nitrogen and oxygen atoms in total. The molecule has 31 heavy (non-hydrogen) atoms. The first-order chi connectivity index (χ1) is 14.9. The summed E-state index contributed by atoms with van der Waals surface area (Å²) < 4.78 is 0. The molecule has 0 spiro atoms. The molecular weight excluding hydrogens is 394 g/mol. The van der Waals surface area contributed by atoms with Crippen molar-refractivity contribution in [1.82, 2.24) is 15.2 Å². The van der Waals surface area contributed by atoms with E-state index in [4.69, 9.17) is 0 Å². The third-order valence-electron chi connectivity index (χ3n) is 6.69. The van der Waals surface area contributed by atoms with Gasteiger partial charge in [-0.2, -0.15) is 0 Å². The van der Waals surface area contributed by atoms with Crippen molar-refractivity contribution in [2.45, 2.75) is 64.2 Å². The largest absolute Gasteiger partial charge is 0.481 e. The van der Waals surface area contributed by atoms with Crippen LogP contribution in [0.1, 0.15) is 68.4 Å². The Bertz CT molecular complexity index is 776. The van der Waals surface area contributed by atoms with Crippen LogP contribution < -0.4 is 5.32 Å². The molecule has 0 aromatic carbocycles. The quantitative estimate of drug-likeness (QED) is 0.626. The van der Waals surface area contributed by atoms with Gasteiger partial charge in [-0.1, -0.05) is 6.07 Å². The highest BCUT2D eigenvalue weighted by molar-refractivity contribution is 5.84. The number of pyridine rings is 1. The molecule has 2 fully saturated rings. The smallest absolute Gasteiger partial charge is 0.303 e. The van der Waals surface area contributed by atoms with Gasteiger partial charge in [0.15, 0.2) is 0 Å². The standard InChI is InChI=1S/C24H35N3O4/c1-17-11-21(15-26-14-17)20(13-24(30)31)12-22(28)19-3-2-10-27(16-19)23(29)5-4-18-6-8-25-9-7-18/h11,14-15,18-20,25H,2-10,12-13,16H2,1H3,(H,30,31)/t19-,20+/m1/s1. The highest BCUT2D eigenvalue weighted by atomic mass is 16.4. The summed E-state index contributed by atoms with van der Waals surface area (Å²) in [6.07, 6.45) is 8.80. The van der Waals surface area contributed by atoms with Crippen molar-refractivity contribution in [3.63, 3.8) is 0 Å². The number of carbonyl (C=O) groups is 3. The van der Waals surface area contributed by atoms with Crippen LogP contribution in [0.25, 0.3) is 0 Å². The molecule has 3 heterocycles. The number of carbonyl (C=O) groups excluding carboxylic acids is 2. The molecule has 2 aliphatic heterocycles. The van der Waals surface area contributed by atoms with E-state index in [9.17, 15) is 19.5 Å². The summed E-state index contributed by atoms with van der Waals surface area (Å²) >= 11 is 0. The molecule has 1 aromatic rings. The number of carboxylic acid groups (broad SMARTS) is 1. The lowest BCUT2D eigenvalue weighted by Gasteiger charge is -2.33. The first kappa shape index (κ1) is 23.4. The van der Waals surface area contributed by atoms with E-state index in [1.807, 2.05) is 17.9 Å². The van der Waals surface area contributed by atoms with Crippen LogP contribution >= 0.6 is 0 Å². The Balaban J connectivity index is 1.55. The fraction of sp³-hybridized carbons (Fsp3) is 0.667. The second-order valence-corrected chi connectivity index (χ2v) is 9.17. The number of hydrogen-bond donors (Lipinski definition) is 2. The van der Waals surface area contributed by atoms with E-state index in [0.29, 0.717) is 18.9 Å². The van der Waals surface area contributed by atoms with Crippen molar-refractivity contribution in [3.8, 4) is 0 Å². The maximum Gasteiger partial charge on any atom is 0.303 e. The summed E-state index contributed by atoms with van der Waals surface area (Å²) in [5.41, 5.74) is 1.74. The predicted octanol–water partition coefficient (Wildman–Crippen LogP) is 2.93. The van der Waals surface area contributed by atoms with Crippen molar-refractivity contribution in [1.29, 1.82) is 0 Å². The lowest BCUT2D eigenvalue weighted by molar-refractivity contribution is -0.137. The molecule has 2 N–H and O–H groups in total. The van der Waals surface area contributed by atoms with Crippen LogP contribution in [0.5, 0.6) is 0 Å². The number of piperidine rings is 2. The highest BCUT2D eigenvalue weighted by Gasteiger charge is 2.31. The van der Waals surface area contributed by atoms with Crippen LogP contribution in [0.4, 0.5) is 0 Å². The van der Waals surface area contributed by atoms with Gasteiger partial charge in [-0.05, 0) is 69.2 Å². The predicted molar refractivity (Wildman–Crippen MR) is 118 cm³/mol. The highest BCUT2D eigenvalue weighted by Crippen LogP contribution is 2.28. The number of aryl methyl sites for hydroxylation is 1. The SMILES string of the molecule is Cc1cncc([C@H](CC(=O)O)CC(=O)[C@@H]2CCCN(C(=O)CCC3CCNCC3)C2)c1. The third kappa shape index (κ3) is 7.13. The number of carboxylic acids is 1. The Hall–Kier alpha value is -2.28. The van der Waals surface area contributed by atoms with Gasteiger partial charge in [0.25, 0.3) is 0 Å². The number of ketones is 1. The van der Waals surface area contributed by atoms with Crippen molar-refractivity contribution >= 4 is 17.7 Å². The summed E-state index contributed by atoms with van der Waals surface area (Å²) in [7, 11) is 0. The maximum atomic E-state index is 13.1. The molecule has 1 aromatic heterocycles. The minimum absolute atomic E-state index is 0.0589. The average molecular weight is 430 g/mol. The van der Waals surface area contributed by atoms with Crippen LogP contribution in [0, 0.1) is 18.8 Å². The number of Topliss-reactive ketones (excluding diaryl/α,β-unsaturated/α-hetero) is 1. The molecule has 3 rings (SSSR count). The Morgan fingerprint density at radius 2 is 1.97 bits per heavy atom. The first-order valence-electron chi connectivity index (χ1n) is 11.6. The Morgan fingerprint density at radius 1 is 1.19 bits per heavy atom. The van der Waals surface area contributed by atoms with E-state index in [1.165, 1.54) is 0 Å². The molecular formula is C24H35N3O4. The Labute approximate surface area is 184 Å². The van der Waals surface area contributed by atoms with Gasteiger partial charge in [-0.25, -0.2) is 0 Å². The topological polar surface area (TPSA) is 99.6 Å². The average Bonchev–Trinajstić information content (AvgIpc) is 2.77. The summed E-state index contributed by atoms with van der Waals surface area (Å²) in [5.74, 6) is -0.677. The van der Waals surface area contributed by atoms with Gasteiger partial charge in [-0.15, -0.1) is 0 Å². The van der Waals surface area contributed by atoms with Crippen molar-refractivity contribution in [2.24, 2.45) is 11.8 Å². The molecule has 170 valence electrons. The van der Waals surface area contributed by atoms with E-state index in [-0.39, 0.29) is 36.4 Å². The molecule has 2 aliphatic rings. The minimum atomic E-state index is -0.919. The maximum absolute atomic E-state index is 13.1. The number of nitrogens with one attached hydrogen (secondary N) is 1. The second-order valence-electron chi connectivity index (χ2n) is 9.17. The van der Waals surface area contributed by atoms with Gasteiger partial charge >= 0.3 is 5.97 Å². The Morgan fingerprint density at radius 3 is 2.68 bits per heavy atom. The number of amides is 1. The molecule has 0 bridgehead atoms. The lowest BCUT2D eigenvalue weighted by Crippen LogP contribution is -2.42. The van der Waals surface area contributed by atoms with Gasteiger partial charge in [0, 0.05) is 50.2 Å². The molecule has 0 saturated carbocycles. The fourth-order valence-corrected chi connectivity index (χ4v) is 4.85. The zero-order chi connectivity index (χ0) is 22.2. The molecule has 2 atom stereocenters. The fourth-order valence-electron chi connectivity index (χ4n) is 4.85. The molecule has 1 amide bonds. The van der Waals surface area contributed by atoms with Gasteiger partial charge in [0.05, 0.1) is 6.42 Å². The van der Waals surface area contributed by atoms with Crippen molar-refractivity contribution in [2.75, 3.05) is 26.2 Å². The number of hydrogen-bond acceptors (Lipinski definition) is 5. The Kier molecular flexibility index (Phi) is 8.58. The van der Waals surface area contributed by atoms with E-state index in [0.717, 1.165) is 62.9 Å². The monoisotopic (exact) mass is 429 g/mol. The number of rotatable bonds is 9. The van der Waals surface area contributed by atoms with Crippen LogP contribution in [0.2, 0.25) is 0 Å². The third-order valence-corrected chi connectivity index (χ3v) is 6.69.